The Hall–Kier alpha value is -0.530. The number of carbonyl (C=O) groups excluding carboxylic acids is 1. The van der Waals surface area contributed by atoms with E-state index in [-0.39, 0.29) is 17.0 Å². The number of carbonyl (C=O) groups is 1. The fraction of sp³-hybridized carbons (Fsp3) is 0.952. The lowest BCUT2D eigenvalue weighted by molar-refractivity contribution is -0.187. The fourth-order valence-electron chi connectivity index (χ4n) is 7.06. The molecule has 0 aromatic heterocycles. The molecule has 0 aromatic carbocycles. The van der Waals surface area contributed by atoms with Crippen LogP contribution in [0.3, 0.4) is 0 Å². The quantitative estimate of drug-likeness (QED) is 0.653. The first-order valence-corrected chi connectivity index (χ1v) is 10.1. The molecule has 130 valence electrons. The van der Waals surface area contributed by atoms with Gasteiger partial charge in [-0.15, -0.1) is 0 Å². The number of rotatable bonds is 4. The van der Waals surface area contributed by atoms with E-state index in [0.717, 1.165) is 37.0 Å². The molecule has 0 aromatic rings. The SMILES string of the molecule is CCC(C)(C)C(=O)OC1(CC)CC2CC1C1(CC3CCC1C3)C2. The highest BCUT2D eigenvalue weighted by Crippen LogP contribution is 2.73. The highest BCUT2D eigenvalue weighted by atomic mass is 16.6. The second-order valence-corrected chi connectivity index (χ2v) is 9.92. The van der Waals surface area contributed by atoms with Gasteiger partial charge in [0.1, 0.15) is 5.60 Å². The Labute approximate surface area is 141 Å². The summed E-state index contributed by atoms with van der Waals surface area (Å²) in [5.41, 5.74) is 0.0568. The molecule has 0 amide bonds. The molecule has 6 atom stereocenters. The Morgan fingerprint density at radius 3 is 2.35 bits per heavy atom. The highest BCUT2D eigenvalue weighted by molar-refractivity contribution is 5.76. The van der Waals surface area contributed by atoms with Gasteiger partial charge in [0.05, 0.1) is 5.41 Å². The molecule has 0 saturated heterocycles. The van der Waals surface area contributed by atoms with Crippen LogP contribution < -0.4 is 0 Å². The number of hydrogen-bond donors (Lipinski definition) is 0. The smallest absolute Gasteiger partial charge is 0.312 e. The molecule has 1 spiro atoms. The Morgan fingerprint density at radius 2 is 1.83 bits per heavy atom. The van der Waals surface area contributed by atoms with Gasteiger partial charge in [-0.25, -0.2) is 0 Å². The van der Waals surface area contributed by atoms with Gasteiger partial charge in [-0.05, 0) is 88.4 Å². The van der Waals surface area contributed by atoms with Gasteiger partial charge in [-0.2, -0.15) is 0 Å². The van der Waals surface area contributed by atoms with Crippen LogP contribution in [0.4, 0.5) is 0 Å². The van der Waals surface area contributed by atoms with E-state index >= 15 is 0 Å². The van der Waals surface area contributed by atoms with E-state index in [1.165, 1.54) is 38.5 Å². The predicted octanol–water partition coefficient (Wildman–Crippen LogP) is 5.35. The Balaban J connectivity index is 1.61. The van der Waals surface area contributed by atoms with Gasteiger partial charge in [-0.3, -0.25) is 4.79 Å². The Bertz CT molecular complexity index is 506. The first kappa shape index (κ1) is 16.0. The minimum atomic E-state index is -0.341. The third-order valence-electron chi connectivity index (χ3n) is 8.55. The van der Waals surface area contributed by atoms with Crippen LogP contribution >= 0.6 is 0 Å². The van der Waals surface area contributed by atoms with Crippen molar-refractivity contribution in [3.05, 3.63) is 0 Å². The zero-order chi connectivity index (χ0) is 16.5. The average molecular weight is 319 g/mol. The second-order valence-electron chi connectivity index (χ2n) is 9.92. The van der Waals surface area contributed by atoms with E-state index in [9.17, 15) is 4.79 Å². The molecule has 0 N–H and O–H groups in total. The van der Waals surface area contributed by atoms with Crippen molar-refractivity contribution in [2.75, 3.05) is 0 Å². The minimum absolute atomic E-state index is 0.0488. The van der Waals surface area contributed by atoms with Crippen LogP contribution in [-0.4, -0.2) is 11.6 Å². The maximum Gasteiger partial charge on any atom is 0.312 e. The van der Waals surface area contributed by atoms with Crippen molar-refractivity contribution in [3.8, 4) is 0 Å². The molecule has 4 aliphatic carbocycles. The molecule has 0 heterocycles. The third-order valence-corrected chi connectivity index (χ3v) is 8.55. The molecular formula is C21H34O2. The summed E-state index contributed by atoms with van der Waals surface area (Å²) >= 11 is 0. The first-order valence-electron chi connectivity index (χ1n) is 10.1. The topological polar surface area (TPSA) is 26.3 Å². The molecule has 4 saturated carbocycles. The lowest BCUT2D eigenvalue weighted by Gasteiger charge is -2.51. The van der Waals surface area contributed by atoms with Crippen molar-refractivity contribution in [3.63, 3.8) is 0 Å². The largest absolute Gasteiger partial charge is 0.458 e. The lowest BCUT2D eigenvalue weighted by atomic mass is 9.58. The van der Waals surface area contributed by atoms with Crippen molar-refractivity contribution in [2.24, 2.45) is 34.5 Å². The van der Waals surface area contributed by atoms with Crippen LogP contribution in [-0.2, 0) is 9.53 Å². The summed E-state index contributed by atoms with van der Waals surface area (Å²) in [6.07, 6.45) is 11.6. The summed E-state index contributed by atoms with van der Waals surface area (Å²) in [5.74, 6) is 3.43. The van der Waals surface area contributed by atoms with E-state index in [0.29, 0.717) is 11.3 Å². The van der Waals surface area contributed by atoms with Gasteiger partial charge in [0.25, 0.3) is 0 Å². The Morgan fingerprint density at radius 1 is 1.09 bits per heavy atom. The summed E-state index contributed by atoms with van der Waals surface area (Å²) in [6.45, 7) is 8.43. The Kier molecular flexibility index (Phi) is 3.46. The molecule has 4 rings (SSSR count). The normalized spacial score (nSPS) is 47.7. The predicted molar refractivity (Wildman–Crippen MR) is 91.9 cm³/mol. The number of fused-ring (bicyclic) bond motifs is 6. The zero-order valence-electron chi connectivity index (χ0n) is 15.5. The summed E-state index contributed by atoms with van der Waals surface area (Å²) in [5, 5.41) is 0. The molecule has 4 bridgehead atoms. The van der Waals surface area contributed by atoms with Gasteiger partial charge in [0.15, 0.2) is 0 Å². The van der Waals surface area contributed by atoms with Crippen molar-refractivity contribution in [2.45, 2.75) is 91.1 Å². The van der Waals surface area contributed by atoms with Gasteiger partial charge < -0.3 is 4.74 Å². The number of hydrogen-bond acceptors (Lipinski definition) is 2. The fourth-order valence-corrected chi connectivity index (χ4v) is 7.06. The molecule has 2 nitrogen and oxygen atoms in total. The standard InChI is InChI=1S/C21H34O2/c1-5-19(3,4)18(22)23-21(6-2)13-15-10-17(21)20(12-15)11-14-7-8-16(20)9-14/h14-17H,5-13H2,1-4H3. The summed E-state index contributed by atoms with van der Waals surface area (Å²) in [4.78, 5) is 12.8. The van der Waals surface area contributed by atoms with Crippen molar-refractivity contribution in [1.29, 1.82) is 0 Å². The van der Waals surface area contributed by atoms with Gasteiger partial charge >= 0.3 is 5.97 Å². The van der Waals surface area contributed by atoms with E-state index in [4.69, 9.17) is 4.74 Å². The molecule has 4 fully saturated rings. The van der Waals surface area contributed by atoms with E-state index < -0.39 is 0 Å². The van der Waals surface area contributed by atoms with Crippen molar-refractivity contribution < 1.29 is 9.53 Å². The average Bonchev–Trinajstić information content (AvgIpc) is 3.26. The van der Waals surface area contributed by atoms with Crippen LogP contribution in [0.5, 0.6) is 0 Å². The molecule has 2 heteroatoms. The molecule has 6 unspecified atom stereocenters. The van der Waals surface area contributed by atoms with Crippen LogP contribution in [0.25, 0.3) is 0 Å². The maximum atomic E-state index is 12.8. The third kappa shape index (κ3) is 2.09. The van der Waals surface area contributed by atoms with Gasteiger partial charge in [0, 0.05) is 5.92 Å². The summed E-state index contributed by atoms with van der Waals surface area (Å²) < 4.78 is 6.39. The second kappa shape index (κ2) is 4.99. The molecule has 0 radical (unpaired) electrons. The molecule has 4 aliphatic rings. The maximum absolute atomic E-state index is 12.8. The van der Waals surface area contributed by atoms with Crippen LogP contribution in [0.1, 0.15) is 85.5 Å². The van der Waals surface area contributed by atoms with Crippen LogP contribution in [0.15, 0.2) is 0 Å². The monoisotopic (exact) mass is 318 g/mol. The van der Waals surface area contributed by atoms with E-state index in [2.05, 4.69) is 13.8 Å². The van der Waals surface area contributed by atoms with Crippen LogP contribution in [0, 0.1) is 34.5 Å². The zero-order valence-corrected chi connectivity index (χ0v) is 15.5. The highest BCUT2D eigenvalue weighted by Gasteiger charge is 2.68. The molecular weight excluding hydrogens is 284 g/mol. The van der Waals surface area contributed by atoms with Crippen molar-refractivity contribution in [1.82, 2.24) is 0 Å². The number of esters is 1. The van der Waals surface area contributed by atoms with Gasteiger partial charge in [0.2, 0.25) is 0 Å². The van der Waals surface area contributed by atoms with Gasteiger partial charge in [-0.1, -0.05) is 20.3 Å². The van der Waals surface area contributed by atoms with Crippen LogP contribution in [0.2, 0.25) is 0 Å². The number of ether oxygens (including phenoxy) is 1. The molecule has 23 heavy (non-hydrogen) atoms. The first-order chi connectivity index (χ1) is 10.9. The minimum Gasteiger partial charge on any atom is -0.458 e. The molecule has 0 aliphatic heterocycles. The summed E-state index contributed by atoms with van der Waals surface area (Å²) in [6, 6.07) is 0. The van der Waals surface area contributed by atoms with E-state index in [1.54, 1.807) is 0 Å². The van der Waals surface area contributed by atoms with E-state index in [1.807, 2.05) is 13.8 Å². The summed E-state index contributed by atoms with van der Waals surface area (Å²) in [7, 11) is 0. The van der Waals surface area contributed by atoms with Crippen molar-refractivity contribution >= 4 is 5.97 Å². The lowest BCUT2D eigenvalue weighted by Crippen LogP contribution is -2.51.